The third-order valence-electron chi connectivity index (χ3n) is 3.61. The third-order valence-corrected chi connectivity index (χ3v) is 5.53. The number of ether oxygens (including phenoxy) is 1. The molecular weight excluding hydrogens is 318 g/mol. The molecule has 1 aliphatic rings. The van der Waals surface area contributed by atoms with Gasteiger partial charge in [-0.3, -0.25) is 4.79 Å². The molecule has 8 heteroatoms. The lowest BCUT2D eigenvalue weighted by Gasteiger charge is -2.19. The van der Waals surface area contributed by atoms with E-state index in [0.29, 0.717) is 25.4 Å². The van der Waals surface area contributed by atoms with E-state index in [2.05, 4.69) is 5.32 Å². The molecule has 1 aromatic carbocycles. The molecule has 0 unspecified atom stereocenters. The van der Waals surface area contributed by atoms with Crippen LogP contribution >= 0.6 is 0 Å². The predicted molar refractivity (Wildman–Crippen MR) is 87.9 cm³/mol. The Labute approximate surface area is 136 Å². The molecule has 0 aliphatic carbocycles. The van der Waals surface area contributed by atoms with Crippen molar-refractivity contribution in [2.24, 2.45) is 5.73 Å². The Bertz CT molecular complexity index is 667. The van der Waals surface area contributed by atoms with E-state index in [1.165, 1.54) is 10.4 Å². The minimum absolute atomic E-state index is 0.0729. The van der Waals surface area contributed by atoms with Gasteiger partial charge in [-0.25, -0.2) is 8.42 Å². The van der Waals surface area contributed by atoms with Gasteiger partial charge in [-0.15, -0.1) is 0 Å². The van der Waals surface area contributed by atoms with Gasteiger partial charge in [-0.2, -0.15) is 4.31 Å². The first-order valence-electron chi connectivity index (χ1n) is 7.69. The number of anilines is 1. The van der Waals surface area contributed by atoms with Crippen LogP contribution in [0.2, 0.25) is 0 Å². The lowest BCUT2D eigenvalue weighted by molar-refractivity contribution is -0.117. The average Bonchev–Trinajstić information content (AvgIpc) is 3.03. The first-order valence-corrected chi connectivity index (χ1v) is 9.13. The van der Waals surface area contributed by atoms with Crippen LogP contribution in [0.25, 0.3) is 0 Å². The number of nitrogens with one attached hydrogen (secondary N) is 1. The molecule has 1 saturated heterocycles. The minimum Gasteiger partial charge on any atom is -0.492 e. The number of hydrogen-bond donors (Lipinski definition) is 2. The summed E-state index contributed by atoms with van der Waals surface area (Å²) in [7, 11) is -3.64. The number of carbonyl (C=O) groups is 1. The van der Waals surface area contributed by atoms with E-state index in [1.807, 2.05) is 0 Å². The summed E-state index contributed by atoms with van der Waals surface area (Å²) in [6.07, 6.45) is 1.70. The molecule has 1 fully saturated rings. The fraction of sp³-hybridized carbons (Fsp3) is 0.533. The van der Waals surface area contributed by atoms with Gasteiger partial charge in [0.25, 0.3) is 0 Å². The average molecular weight is 341 g/mol. The van der Waals surface area contributed by atoms with Gasteiger partial charge in [0, 0.05) is 18.8 Å². The maximum absolute atomic E-state index is 12.8. The molecule has 23 heavy (non-hydrogen) atoms. The molecule has 0 spiro atoms. The number of nitrogens with two attached hydrogens (primary N) is 1. The Hall–Kier alpha value is -1.64. The Morgan fingerprint density at radius 2 is 2.04 bits per heavy atom. The Kier molecular flexibility index (Phi) is 5.61. The Morgan fingerprint density at radius 3 is 2.61 bits per heavy atom. The van der Waals surface area contributed by atoms with Crippen molar-refractivity contribution in [3.8, 4) is 5.75 Å². The van der Waals surface area contributed by atoms with E-state index in [9.17, 15) is 13.2 Å². The van der Waals surface area contributed by atoms with Gasteiger partial charge in [0.2, 0.25) is 15.9 Å². The predicted octanol–water partition coefficient (Wildman–Crippen LogP) is 1.16. The van der Waals surface area contributed by atoms with Crippen molar-refractivity contribution in [3.63, 3.8) is 0 Å². The maximum Gasteiger partial charge on any atom is 0.246 e. The largest absolute Gasteiger partial charge is 0.492 e. The first kappa shape index (κ1) is 17.7. The van der Waals surface area contributed by atoms with E-state index in [0.717, 1.165) is 12.8 Å². The van der Waals surface area contributed by atoms with Gasteiger partial charge in [0.05, 0.1) is 12.6 Å². The summed E-state index contributed by atoms with van der Waals surface area (Å²) in [6, 6.07) is 3.91. The van der Waals surface area contributed by atoms with Crippen LogP contribution in [0.4, 0.5) is 5.69 Å². The van der Waals surface area contributed by atoms with Crippen molar-refractivity contribution in [2.45, 2.75) is 37.6 Å². The second-order valence-electron chi connectivity index (χ2n) is 5.48. The molecule has 1 aromatic rings. The van der Waals surface area contributed by atoms with E-state index in [1.54, 1.807) is 26.0 Å². The topological polar surface area (TPSA) is 102 Å². The summed E-state index contributed by atoms with van der Waals surface area (Å²) in [5, 5.41) is 2.61. The van der Waals surface area contributed by atoms with Crippen LogP contribution in [-0.4, -0.2) is 44.4 Å². The molecule has 0 saturated carbocycles. The van der Waals surface area contributed by atoms with Crippen LogP contribution in [-0.2, 0) is 14.8 Å². The van der Waals surface area contributed by atoms with Gasteiger partial charge < -0.3 is 15.8 Å². The van der Waals surface area contributed by atoms with Crippen LogP contribution in [0.15, 0.2) is 23.1 Å². The molecule has 2 rings (SSSR count). The maximum atomic E-state index is 12.8. The summed E-state index contributed by atoms with van der Waals surface area (Å²) in [5.74, 6) is -0.0862. The lowest BCUT2D eigenvalue weighted by Crippen LogP contribution is -2.32. The van der Waals surface area contributed by atoms with Gasteiger partial charge in [0.15, 0.2) is 0 Å². The fourth-order valence-electron chi connectivity index (χ4n) is 2.39. The van der Waals surface area contributed by atoms with E-state index in [4.69, 9.17) is 10.5 Å². The molecule has 0 aromatic heterocycles. The highest BCUT2D eigenvalue weighted by Gasteiger charge is 2.30. The molecule has 7 nitrogen and oxygen atoms in total. The standard InChI is InChI=1S/C15H23N3O4S/c1-3-22-13-7-6-12(17-15(19)11(2)16)10-14(13)23(20,21)18-8-4-5-9-18/h6-7,10-11H,3-5,8-9,16H2,1-2H3,(H,17,19)/t11-/m1/s1. The van der Waals surface area contributed by atoms with E-state index < -0.39 is 16.1 Å². The molecule has 128 valence electrons. The van der Waals surface area contributed by atoms with Crippen LogP contribution in [0.3, 0.4) is 0 Å². The summed E-state index contributed by atoms with van der Waals surface area (Å²) in [4.78, 5) is 11.8. The van der Waals surface area contributed by atoms with Crippen molar-refractivity contribution in [1.82, 2.24) is 4.31 Å². The zero-order valence-electron chi connectivity index (χ0n) is 13.4. The van der Waals surface area contributed by atoms with E-state index in [-0.39, 0.29) is 16.6 Å². The molecule has 1 amide bonds. The fourth-order valence-corrected chi connectivity index (χ4v) is 4.06. The van der Waals surface area contributed by atoms with Crippen LogP contribution < -0.4 is 15.8 Å². The van der Waals surface area contributed by atoms with Gasteiger partial charge in [-0.1, -0.05) is 0 Å². The molecule has 0 radical (unpaired) electrons. The number of carbonyl (C=O) groups excluding carboxylic acids is 1. The van der Waals surface area contributed by atoms with Crippen LogP contribution in [0, 0.1) is 0 Å². The summed E-state index contributed by atoms with van der Waals surface area (Å²) in [5.41, 5.74) is 5.90. The van der Waals surface area contributed by atoms with E-state index >= 15 is 0 Å². The Morgan fingerprint density at radius 1 is 1.39 bits per heavy atom. The summed E-state index contributed by atoms with van der Waals surface area (Å²) in [6.45, 7) is 4.71. The zero-order valence-corrected chi connectivity index (χ0v) is 14.2. The normalized spacial score (nSPS) is 17.0. The minimum atomic E-state index is -3.64. The molecule has 1 heterocycles. The monoisotopic (exact) mass is 341 g/mol. The highest BCUT2D eigenvalue weighted by molar-refractivity contribution is 7.89. The van der Waals surface area contributed by atoms with Gasteiger partial charge >= 0.3 is 0 Å². The van der Waals surface area contributed by atoms with Gasteiger partial charge in [-0.05, 0) is 44.9 Å². The van der Waals surface area contributed by atoms with Crippen molar-refractivity contribution in [2.75, 3.05) is 25.0 Å². The van der Waals surface area contributed by atoms with Crippen LogP contribution in [0.1, 0.15) is 26.7 Å². The number of benzene rings is 1. The number of hydrogen-bond acceptors (Lipinski definition) is 5. The van der Waals surface area contributed by atoms with Crippen molar-refractivity contribution >= 4 is 21.6 Å². The zero-order chi connectivity index (χ0) is 17.0. The number of nitrogens with zero attached hydrogens (tertiary/aromatic N) is 1. The number of amides is 1. The quantitative estimate of drug-likeness (QED) is 0.808. The molecule has 3 N–H and O–H groups in total. The molecule has 1 aliphatic heterocycles. The highest BCUT2D eigenvalue weighted by atomic mass is 32.2. The van der Waals surface area contributed by atoms with Crippen molar-refractivity contribution < 1.29 is 17.9 Å². The molecule has 0 bridgehead atoms. The molecular formula is C15H23N3O4S. The summed E-state index contributed by atoms with van der Waals surface area (Å²) < 4.78 is 32.5. The van der Waals surface area contributed by atoms with Crippen LogP contribution in [0.5, 0.6) is 5.75 Å². The SMILES string of the molecule is CCOc1ccc(NC(=O)[C@@H](C)N)cc1S(=O)(=O)N1CCCC1. The summed E-state index contributed by atoms with van der Waals surface area (Å²) >= 11 is 0. The van der Waals surface area contributed by atoms with Crippen molar-refractivity contribution in [1.29, 1.82) is 0 Å². The Balaban J connectivity index is 2.39. The highest BCUT2D eigenvalue weighted by Crippen LogP contribution is 2.31. The second-order valence-corrected chi connectivity index (χ2v) is 7.39. The smallest absolute Gasteiger partial charge is 0.246 e. The second kappa shape index (κ2) is 7.29. The molecule has 1 atom stereocenters. The lowest BCUT2D eigenvalue weighted by atomic mass is 10.2. The number of rotatable bonds is 6. The van der Waals surface area contributed by atoms with Gasteiger partial charge in [0.1, 0.15) is 10.6 Å². The van der Waals surface area contributed by atoms with Crippen molar-refractivity contribution in [3.05, 3.63) is 18.2 Å². The number of sulfonamides is 1. The third kappa shape index (κ3) is 4.01. The first-order chi connectivity index (χ1) is 10.9.